The van der Waals surface area contributed by atoms with Gasteiger partial charge in [-0.1, -0.05) is 23.4 Å². The van der Waals surface area contributed by atoms with Crippen LogP contribution < -0.4 is 20.7 Å². The van der Waals surface area contributed by atoms with Gasteiger partial charge in [-0.05, 0) is 43.7 Å². The van der Waals surface area contributed by atoms with E-state index < -0.39 is 36.6 Å². The molecule has 3 rings (SSSR count). The van der Waals surface area contributed by atoms with Gasteiger partial charge in [0.05, 0.1) is 29.6 Å². The molecule has 1 atom stereocenters. The number of methoxy groups -OCH3 is 1. The van der Waals surface area contributed by atoms with Gasteiger partial charge >= 0.3 is 12.4 Å². The third-order valence-electron chi connectivity index (χ3n) is 5.01. The van der Waals surface area contributed by atoms with Crippen LogP contribution in [-0.4, -0.2) is 48.7 Å². The third kappa shape index (κ3) is 6.72. The summed E-state index contributed by atoms with van der Waals surface area (Å²) in [6.07, 6.45) is -4.83. The quantitative estimate of drug-likeness (QED) is 0.452. The van der Waals surface area contributed by atoms with E-state index in [0.29, 0.717) is 28.3 Å². The smallest absolute Gasteiger partial charge is 0.406 e. The van der Waals surface area contributed by atoms with Crippen molar-refractivity contribution in [1.82, 2.24) is 15.5 Å². The Kier molecular flexibility index (Phi) is 8.14. The highest BCUT2D eigenvalue weighted by atomic mass is 19.4. The molecule has 1 aromatic carbocycles. The molecule has 0 spiro atoms. The molecule has 3 amide bonds. The summed E-state index contributed by atoms with van der Waals surface area (Å²) in [5, 5.41) is 6.61. The molecule has 0 fully saturated rings. The van der Waals surface area contributed by atoms with Crippen molar-refractivity contribution in [3.63, 3.8) is 0 Å². The number of anilines is 1. The van der Waals surface area contributed by atoms with Crippen LogP contribution in [0.25, 0.3) is 11.3 Å². The van der Waals surface area contributed by atoms with Crippen LogP contribution >= 0.6 is 0 Å². The van der Waals surface area contributed by atoms with E-state index in [2.05, 4.69) is 20.2 Å². The van der Waals surface area contributed by atoms with Gasteiger partial charge in [-0.15, -0.1) is 13.2 Å². The molecule has 2 aromatic heterocycles. The summed E-state index contributed by atoms with van der Waals surface area (Å²) in [6.45, 7) is 2.97. The van der Waals surface area contributed by atoms with E-state index in [4.69, 9.17) is 15.0 Å². The molecular weight excluding hydrogens is 483 g/mol. The van der Waals surface area contributed by atoms with Crippen molar-refractivity contribution in [3.8, 4) is 17.0 Å². The molecule has 10 nitrogen and oxygen atoms in total. The van der Waals surface area contributed by atoms with E-state index in [1.54, 1.807) is 26.0 Å². The summed E-state index contributed by atoms with van der Waals surface area (Å²) in [7, 11) is 1.40. The van der Waals surface area contributed by atoms with Crippen LogP contribution in [0.3, 0.4) is 0 Å². The highest BCUT2D eigenvalue weighted by Crippen LogP contribution is 2.28. The number of hydrogen-bond acceptors (Lipinski definition) is 7. The molecule has 3 aromatic rings. The Bertz CT molecular complexity index is 1190. The average molecular weight is 507 g/mol. The fourth-order valence-corrected chi connectivity index (χ4v) is 3.49. The number of urea groups is 1. The van der Waals surface area contributed by atoms with Crippen molar-refractivity contribution in [3.05, 3.63) is 59.5 Å². The lowest BCUT2D eigenvalue weighted by atomic mass is 10.1. The van der Waals surface area contributed by atoms with Crippen LogP contribution in [0.15, 0.2) is 47.0 Å². The summed E-state index contributed by atoms with van der Waals surface area (Å²) in [5.41, 5.74) is 7.53. The van der Waals surface area contributed by atoms with E-state index in [1.807, 2.05) is 0 Å². The van der Waals surface area contributed by atoms with E-state index in [0.717, 1.165) is 17.0 Å². The number of nitrogens with two attached hydrogens (primary N) is 1. The number of halogens is 3. The Morgan fingerprint density at radius 2 is 1.86 bits per heavy atom. The van der Waals surface area contributed by atoms with Crippen molar-refractivity contribution < 1.29 is 36.8 Å². The van der Waals surface area contributed by atoms with Gasteiger partial charge in [-0.2, -0.15) is 0 Å². The first kappa shape index (κ1) is 26.5. The Balaban J connectivity index is 1.87. The van der Waals surface area contributed by atoms with E-state index >= 15 is 0 Å². The second kappa shape index (κ2) is 11.1. The summed E-state index contributed by atoms with van der Waals surface area (Å²) in [5.74, 6) is -0.536. The Hall–Kier alpha value is -4.13. The number of aryl methyl sites for hydroxylation is 2. The SMILES string of the molecule is COCC(NC(=O)N(CC(N)=O)c1cccc(-c2c(C)noc2C)n1)c1ccc(OC(F)(F)F)cc1. The van der Waals surface area contributed by atoms with Crippen molar-refractivity contribution in [2.75, 3.05) is 25.2 Å². The summed E-state index contributed by atoms with van der Waals surface area (Å²) in [4.78, 5) is 30.5. The average Bonchev–Trinajstić information content (AvgIpc) is 3.14. The number of rotatable bonds is 9. The molecule has 0 saturated heterocycles. The van der Waals surface area contributed by atoms with Gasteiger partial charge in [0.2, 0.25) is 5.91 Å². The normalized spacial score (nSPS) is 12.2. The molecule has 2 heterocycles. The number of aromatic nitrogens is 2. The zero-order chi connectivity index (χ0) is 26.5. The molecule has 0 saturated carbocycles. The molecule has 0 aliphatic carbocycles. The number of nitrogens with one attached hydrogen (secondary N) is 1. The largest absolute Gasteiger partial charge is 0.573 e. The topological polar surface area (TPSA) is 133 Å². The number of ether oxygens (including phenoxy) is 2. The first-order valence-electron chi connectivity index (χ1n) is 10.6. The van der Waals surface area contributed by atoms with Gasteiger partial charge in [0.25, 0.3) is 0 Å². The number of benzene rings is 1. The number of hydrogen-bond donors (Lipinski definition) is 2. The van der Waals surface area contributed by atoms with Crippen LogP contribution in [-0.2, 0) is 9.53 Å². The molecule has 1 unspecified atom stereocenters. The summed E-state index contributed by atoms with van der Waals surface area (Å²) < 4.78 is 51.6. The Morgan fingerprint density at radius 3 is 2.42 bits per heavy atom. The van der Waals surface area contributed by atoms with Gasteiger partial charge < -0.3 is 25.0 Å². The maximum atomic E-state index is 13.2. The standard InChI is InChI=1S/C23H24F3N5O5/c1-13-21(14(2)36-30-13)17-5-4-6-20(28-17)31(11-19(27)32)22(33)29-18(12-34-3)15-7-9-16(10-8-15)35-23(24,25)26/h4-10,18H,11-12H2,1-3H3,(H2,27,32)(H,29,33). The minimum atomic E-state index is -4.83. The maximum Gasteiger partial charge on any atom is 0.573 e. The van der Waals surface area contributed by atoms with Crippen molar-refractivity contribution >= 4 is 17.8 Å². The van der Waals surface area contributed by atoms with Crippen LogP contribution in [0.2, 0.25) is 0 Å². The number of amides is 3. The van der Waals surface area contributed by atoms with Crippen molar-refractivity contribution in [2.24, 2.45) is 5.73 Å². The molecule has 0 aliphatic rings. The minimum Gasteiger partial charge on any atom is -0.406 e. The zero-order valence-electron chi connectivity index (χ0n) is 19.6. The molecule has 36 heavy (non-hydrogen) atoms. The third-order valence-corrected chi connectivity index (χ3v) is 5.01. The monoisotopic (exact) mass is 507 g/mol. The minimum absolute atomic E-state index is 0.0117. The highest BCUT2D eigenvalue weighted by Gasteiger charge is 2.31. The van der Waals surface area contributed by atoms with Crippen molar-refractivity contribution in [1.29, 1.82) is 0 Å². The van der Waals surface area contributed by atoms with Crippen LogP contribution in [0.1, 0.15) is 23.1 Å². The second-order valence-electron chi connectivity index (χ2n) is 7.71. The molecule has 13 heteroatoms. The lowest BCUT2D eigenvalue weighted by molar-refractivity contribution is -0.274. The maximum absolute atomic E-state index is 13.2. The van der Waals surface area contributed by atoms with Gasteiger partial charge in [0, 0.05) is 7.11 Å². The lowest BCUT2D eigenvalue weighted by Gasteiger charge is -2.25. The number of pyridine rings is 1. The van der Waals surface area contributed by atoms with Gasteiger partial charge in [-0.25, -0.2) is 9.78 Å². The number of nitrogens with zero attached hydrogens (tertiary/aromatic N) is 3. The van der Waals surface area contributed by atoms with Gasteiger partial charge in [0.1, 0.15) is 23.9 Å². The molecule has 192 valence electrons. The summed E-state index contributed by atoms with van der Waals surface area (Å²) >= 11 is 0. The van der Waals surface area contributed by atoms with Crippen molar-refractivity contribution in [2.45, 2.75) is 26.3 Å². The zero-order valence-corrected chi connectivity index (χ0v) is 19.6. The van der Waals surface area contributed by atoms with Crippen LogP contribution in [0, 0.1) is 13.8 Å². The highest BCUT2D eigenvalue weighted by molar-refractivity contribution is 5.97. The number of primary amides is 1. The van der Waals surface area contributed by atoms with E-state index in [9.17, 15) is 22.8 Å². The molecular formula is C23H24F3N5O5. The number of alkyl halides is 3. The molecule has 0 aliphatic heterocycles. The Labute approximate surface area is 204 Å². The van der Waals surface area contributed by atoms with Crippen LogP contribution in [0.5, 0.6) is 5.75 Å². The first-order chi connectivity index (χ1) is 17.0. The fraction of sp³-hybridized carbons (Fsp3) is 0.304. The molecule has 0 bridgehead atoms. The van der Waals surface area contributed by atoms with E-state index in [1.165, 1.54) is 25.3 Å². The predicted octanol–water partition coefficient (Wildman–Crippen LogP) is 3.64. The first-order valence-corrected chi connectivity index (χ1v) is 10.6. The second-order valence-corrected chi connectivity index (χ2v) is 7.71. The lowest BCUT2D eigenvalue weighted by Crippen LogP contribution is -2.46. The number of carbonyl (C=O) groups is 2. The van der Waals surface area contributed by atoms with Gasteiger partial charge in [0.15, 0.2) is 0 Å². The fourth-order valence-electron chi connectivity index (χ4n) is 3.49. The Morgan fingerprint density at radius 1 is 1.17 bits per heavy atom. The van der Waals surface area contributed by atoms with E-state index in [-0.39, 0.29) is 12.4 Å². The predicted molar refractivity (Wildman–Crippen MR) is 122 cm³/mol. The molecule has 0 radical (unpaired) electrons. The number of carbonyl (C=O) groups excluding carboxylic acids is 2. The van der Waals surface area contributed by atoms with Crippen LogP contribution in [0.4, 0.5) is 23.8 Å². The molecule has 3 N–H and O–H groups in total. The van der Waals surface area contributed by atoms with Gasteiger partial charge in [-0.3, -0.25) is 9.69 Å². The summed E-state index contributed by atoms with van der Waals surface area (Å²) in [6, 6.07) is 8.34.